The Bertz CT molecular complexity index is 1250. The van der Waals surface area contributed by atoms with Crippen LogP contribution in [0.2, 0.25) is 0 Å². The molecule has 3 aromatic rings. The van der Waals surface area contributed by atoms with Crippen molar-refractivity contribution in [2.75, 3.05) is 0 Å². The molecule has 0 aromatic heterocycles. The molecule has 206 valence electrons. The summed E-state index contributed by atoms with van der Waals surface area (Å²) in [4.78, 5) is 0. The van der Waals surface area contributed by atoms with Crippen LogP contribution in [0.4, 0.5) is 0 Å². The summed E-state index contributed by atoms with van der Waals surface area (Å²) in [7, 11) is 0. The van der Waals surface area contributed by atoms with Crippen LogP contribution in [0.1, 0.15) is 84.5 Å². The Morgan fingerprint density at radius 3 is 1.67 bits per heavy atom. The van der Waals surface area contributed by atoms with Crippen molar-refractivity contribution < 1.29 is 49.0 Å². The van der Waals surface area contributed by atoms with Gasteiger partial charge in [0.25, 0.3) is 0 Å². The molecule has 6 aliphatic rings. The zero-order valence-electron chi connectivity index (χ0n) is 23.6. The number of allylic oxidation sites excluding steroid dienone is 4. The van der Waals surface area contributed by atoms with Gasteiger partial charge in [0.05, 0.1) is 0 Å². The van der Waals surface area contributed by atoms with E-state index in [9.17, 15) is 0 Å². The minimum Gasteiger partial charge on any atom is -0.126 e. The monoisotopic (exact) mass is 634 g/mol. The van der Waals surface area contributed by atoms with Crippen LogP contribution in [0.25, 0.3) is 21.5 Å². The predicted octanol–water partition coefficient (Wildman–Crippen LogP) is 3.92. The third-order valence-corrected chi connectivity index (χ3v) is 11.0. The number of hydrogen-bond donors (Lipinski definition) is 0. The Morgan fingerprint density at radius 1 is 0.769 bits per heavy atom. The molecule has 0 heterocycles. The molecule has 1 atom stereocenters. The topological polar surface area (TPSA) is 0 Å². The van der Waals surface area contributed by atoms with Gasteiger partial charge in [-0.2, -0.15) is 6.08 Å². The first-order valence-corrected chi connectivity index (χ1v) is 16.1. The number of fused-ring (bicyclic) bond motifs is 3. The number of rotatable bonds is 1. The van der Waals surface area contributed by atoms with Gasteiger partial charge in [-0.15, -0.1) is 46.7 Å². The molecule has 0 spiro atoms. The average Bonchev–Trinajstić information content (AvgIpc) is 3.44. The van der Waals surface area contributed by atoms with Crippen molar-refractivity contribution in [2.45, 2.75) is 84.5 Å². The molecule has 0 N–H and O–H groups in total. The first-order valence-electron chi connectivity index (χ1n) is 14.9. The van der Waals surface area contributed by atoms with Gasteiger partial charge in [-0.3, -0.25) is 6.08 Å². The maximum absolute atomic E-state index is 3.78. The van der Waals surface area contributed by atoms with Gasteiger partial charge in [-0.05, 0) is 61.7 Å². The van der Waals surface area contributed by atoms with Gasteiger partial charge in [0.15, 0.2) is 0 Å². The van der Waals surface area contributed by atoms with Gasteiger partial charge in [-0.25, -0.2) is 11.1 Å². The van der Waals surface area contributed by atoms with Gasteiger partial charge < -0.3 is 24.8 Å². The Morgan fingerprint density at radius 2 is 1.26 bits per heavy atom. The summed E-state index contributed by atoms with van der Waals surface area (Å²) in [6.45, 7) is 4.61. The molecule has 0 nitrogen and oxygen atoms in total. The Labute approximate surface area is 263 Å². The Balaban J connectivity index is 0.000000143. The summed E-state index contributed by atoms with van der Waals surface area (Å²) < 4.78 is 1.80. The molecule has 5 fully saturated rings. The van der Waals surface area contributed by atoms with Crippen LogP contribution in [0.3, 0.4) is 0 Å². The molecule has 1 unspecified atom stereocenters. The minimum atomic E-state index is 0. The van der Waals surface area contributed by atoms with E-state index < -0.39 is 0 Å². The molecule has 39 heavy (non-hydrogen) atoms. The standard InChI is InChI=1S/C17H23.C13H9.C6H10.2ClH.Zr/c1-11-3-12(2)16(4-11)17-8-13-5-14(9-17)7-15(6-13)10-17;1-3-7-12-10(5-1)9-11-6-2-4-8-13(11)12;1-2-4-6-5-3-1;;;/h3,11,13-15H,5-10H2,1-2H3;1-9H;1-5H2;2*1H;/q2*-1;;;;+2/p-2. The van der Waals surface area contributed by atoms with Crippen molar-refractivity contribution in [2.24, 2.45) is 29.1 Å². The summed E-state index contributed by atoms with van der Waals surface area (Å²) in [5, 5.41) is 5.39. The summed E-state index contributed by atoms with van der Waals surface area (Å²) in [6, 6.07) is 19.3. The Kier molecular flexibility index (Phi) is 10.7. The second-order valence-corrected chi connectivity index (χ2v) is 14.6. The van der Waals surface area contributed by atoms with E-state index in [2.05, 4.69) is 80.6 Å². The van der Waals surface area contributed by atoms with Crippen molar-refractivity contribution in [3.63, 3.8) is 0 Å². The van der Waals surface area contributed by atoms with E-state index in [0.29, 0.717) is 11.3 Å². The van der Waals surface area contributed by atoms with E-state index in [1.807, 2.05) is 0 Å². The summed E-state index contributed by atoms with van der Waals surface area (Å²) in [5.41, 5.74) is 3.77. The second-order valence-electron chi connectivity index (χ2n) is 12.8. The van der Waals surface area contributed by atoms with Crippen LogP contribution in [0.5, 0.6) is 0 Å². The van der Waals surface area contributed by atoms with Crippen molar-refractivity contribution in [3.8, 4) is 0 Å². The normalized spacial score (nSPS) is 30.3. The van der Waals surface area contributed by atoms with E-state index >= 15 is 0 Å². The molecule has 4 bridgehead atoms. The third-order valence-electron chi connectivity index (χ3n) is 9.81. The van der Waals surface area contributed by atoms with Crippen molar-refractivity contribution in [1.29, 1.82) is 0 Å². The molecule has 3 aromatic carbocycles. The SMILES string of the molecule is CC1=CC(C)[C-]=C1C12CC3CC(CC(C3)C1)C2.[Cl-].[Cl-].[Zr+2]=[C]1CCCCC1.c1ccc2c(c1)[cH-]c1ccccc12. The largest absolute Gasteiger partial charge is 0.126 e. The fourth-order valence-electron chi connectivity index (χ4n) is 8.71. The maximum Gasteiger partial charge on any atom is -0.0771 e. The van der Waals surface area contributed by atoms with Crippen LogP contribution in [0.15, 0.2) is 71.8 Å². The smallest absolute Gasteiger partial charge is 0.0771 e. The summed E-state index contributed by atoms with van der Waals surface area (Å²) in [5.74, 6) is 3.73. The molecular weight excluding hydrogens is 595 g/mol. The first kappa shape index (κ1) is 31.1. The average molecular weight is 637 g/mol. The van der Waals surface area contributed by atoms with Crippen molar-refractivity contribution in [3.05, 3.63) is 77.9 Å². The quantitative estimate of drug-likeness (QED) is 0.356. The van der Waals surface area contributed by atoms with Crippen molar-refractivity contribution in [1.82, 2.24) is 0 Å². The van der Waals surface area contributed by atoms with Crippen molar-refractivity contribution >= 4 is 24.8 Å². The molecule has 0 aliphatic heterocycles. The van der Waals surface area contributed by atoms with Gasteiger partial charge in [0, 0.05) is 0 Å². The summed E-state index contributed by atoms with van der Waals surface area (Å²) >= 11 is 1.69. The number of hydrogen-bond acceptors (Lipinski definition) is 0. The van der Waals surface area contributed by atoms with Crippen LogP contribution < -0.4 is 24.8 Å². The van der Waals surface area contributed by atoms with Crippen LogP contribution in [0, 0.1) is 35.2 Å². The second kappa shape index (κ2) is 13.4. The predicted molar refractivity (Wildman–Crippen MR) is 155 cm³/mol. The van der Waals surface area contributed by atoms with Gasteiger partial charge in [0.1, 0.15) is 0 Å². The molecule has 0 amide bonds. The molecular formula is C36H42Cl2Zr-2. The van der Waals surface area contributed by atoms with E-state index in [0.717, 1.165) is 17.8 Å². The van der Waals surface area contributed by atoms with Gasteiger partial charge in [-0.1, -0.05) is 49.2 Å². The first-order chi connectivity index (χ1) is 18.0. The third kappa shape index (κ3) is 6.79. The minimum absolute atomic E-state index is 0. The molecule has 9 rings (SSSR count). The fraction of sp³-hybridized carbons (Fsp3) is 0.500. The van der Waals surface area contributed by atoms with E-state index in [4.69, 9.17) is 0 Å². The maximum atomic E-state index is 3.78. The molecule has 6 aliphatic carbocycles. The van der Waals surface area contributed by atoms with E-state index in [1.165, 1.54) is 72.9 Å². The molecule has 5 saturated carbocycles. The van der Waals surface area contributed by atoms with E-state index in [1.54, 1.807) is 57.8 Å². The summed E-state index contributed by atoms with van der Waals surface area (Å²) in [6.07, 6.45) is 22.6. The van der Waals surface area contributed by atoms with Crippen LogP contribution >= 0.6 is 0 Å². The zero-order chi connectivity index (χ0) is 25.4. The molecule has 3 heteroatoms. The number of halogens is 2. The zero-order valence-corrected chi connectivity index (χ0v) is 27.6. The van der Waals surface area contributed by atoms with Crippen LogP contribution in [-0.4, -0.2) is 3.21 Å². The fourth-order valence-corrected chi connectivity index (χ4v) is 9.58. The number of benzene rings is 2. The van der Waals surface area contributed by atoms with Crippen LogP contribution in [-0.2, 0) is 24.2 Å². The van der Waals surface area contributed by atoms with E-state index in [-0.39, 0.29) is 24.8 Å². The molecule has 0 radical (unpaired) electrons. The van der Waals surface area contributed by atoms with Gasteiger partial charge >= 0.3 is 59.5 Å². The Hall–Kier alpha value is -0.877. The molecule has 0 saturated heterocycles. The van der Waals surface area contributed by atoms with Gasteiger partial charge in [0.2, 0.25) is 0 Å².